The van der Waals surface area contributed by atoms with E-state index in [-0.39, 0.29) is 12.0 Å². The summed E-state index contributed by atoms with van der Waals surface area (Å²) in [6.45, 7) is 6.22. The molecular weight excluding hydrogens is 240 g/mol. The second-order valence-corrected chi connectivity index (χ2v) is 4.14. The minimum Gasteiger partial charge on any atom is -0.370 e. The lowest BCUT2D eigenvalue weighted by Gasteiger charge is -2.11. The van der Waals surface area contributed by atoms with Crippen molar-refractivity contribution < 1.29 is 4.79 Å². The molecule has 1 rings (SSSR count). The largest absolute Gasteiger partial charge is 0.370 e. The summed E-state index contributed by atoms with van der Waals surface area (Å²) in [5.74, 6) is 0.0989. The molecule has 0 aliphatic heterocycles. The minimum atomic E-state index is -0.390. The highest BCUT2D eigenvalue weighted by atomic mass is 16.2. The summed E-state index contributed by atoms with van der Waals surface area (Å²) >= 11 is 0. The predicted octanol–water partition coefficient (Wildman–Crippen LogP) is 2.32. The van der Waals surface area contributed by atoms with Gasteiger partial charge in [-0.1, -0.05) is 30.4 Å². The summed E-state index contributed by atoms with van der Waals surface area (Å²) in [6.07, 6.45) is 3.71. The summed E-state index contributed by atoms with van der Waals surface area (Å²) in [5.41, 5.74) is 8.38. The maximum Gasteiger partial charge on any atom is 0.326 e. The van der Waals surface area contributed by atoms with Crippen molar-refractivity contribution in [2.75, 3.05) is 11.9 Å². The highest BCUT2D eigenvalue weighted by molar-refractivity contribution is 6.02. The molecular formula is C14H20N4O. The average Bonchev–Trinajstić information content (AvgIpc) is 2.34. The van der Waals surface area contributed by atoms with Crippen molar-refractivity contribution in [3.8, 4) is 0 Å². The standard InChI is InChI=1S/C14H20N4O/c1-4-5-9-16-13(15)18-14(19)17-12-10(2)7-6-8-11(12)3/h4-8H,9H2,1-3H3,(H4,15,16,17,18,19). The van der Waals surface area contributed by atoms with E-state index in [4.69, 9.17) is 5.73 Å². The number of nitrogens with one attached hydrogen (secondary N) is 2. The molecule has 1 aromatic carbocycles. The summed E-state index contributed by atoms with van der Waals surface area (Å²) in [5, 5.41) is 5.26. The van der Waals surface area contributed by atoms with E-state index < -0.39 is 0 Å². The minimum absolute atomic E-state index is 0.0989. The fraction of sp³-hybridized carbons (Fsp3) is 0.286. The van der Waals surface area contributed by atoms with Crippen LogP contribution in [0.1, 0.15) is 18.1 Å². The van der Waals surface area contributed by atoms with Crippen LogP contribution in [0.25, 0.3) is 0 Å². The van der Waals surface area contributed by atoms with Gasteiger partial charge in [-0.3, -0.25) is 5.32 Å². The van der Waals surface area contributed by atoms with Gasteiger partial charge in [-0.2, -0.15) is 0 Å². The molecule has 0 aromatic heterocycles. The number of amides is 2. The van der Waals surface area contributed by atoms with Gasteiger partial charge in [0.2, 0.25) is 0 Å². The van der Waals surface area contributed by atoms with Gasteiger partial charge < -0.3 is 11.1 Å². The van der Waals surface area contributed by atoms with Gasteiger partial charge in [-0.25, -0.2) is 9.79 Å². The zero-order valence-electron chi connectivity index (χ0n) is 11.5. The molecule has 0 unspecified atom stereocenters. The Labute approximate surface area is 113 Å². The van der Waals surface area contributed by atoms with Crippen LogP contribution in [0.3, 0.4) is 0 Å². The Morgan fingerprint density at radius 1 is 1.37 bits per heavy atom. The van der Waals surface area contributed by atoms with Gasteiger partial charge >= 0.3 is 6.03 Å². The third kappa shape index (κ3) is 4.83. The van der Waals surface area contributed by atoms with Crippen LogP contribution in [0.4, 0.5) is 10.5 Å². The number of para-hydroxylation sites is 1. The fourth-order valence-electron chi connectivity index (χ4n) is 1.57. The average molecular weight is 260 g/mol. The van der Waals surface area contributed by atoms with E-state index in [1.54, 1.807) is 0 Å². The quantitative estimate of drug-likeness (QED) is 0.443. The van der Waals surface area contributed by atoms with Crippen LogP contribution in [0, 0.1) is 13.8 Å². The molecule has 0 saturated heterocycles. The van der Waals surface area contributed by atoms with Gasteiger partial charge in [-0.05, 0) is 31.9 Å². The van der Waals surface area contributed by atoms with E-state index in [0.717, 1.165) is 16.8 Å². The molecule has 102 valence electrons. The van der Waals surface area contributed by atoms with Crippen molar-refractivity contribution >= 4 is 17.7 Å². The van der Waals surface area contributed by atoms with Gasteiger partial charge in [0, 0.05) is 5.69 Å². The molecule has 0 fully saturated rings. The van der Waals surface area contributed by atoms with Crippen molar-refractivity contribution in [2.24, 2.45) is 10.7 Å². The van der Waals surface area contributed by atoms with Crippen LogP contribution in [0.2, 0.25) is 0 Å². The Hall–Kier alpha value is -2.30. The van der Waals surface area contributed by atoms with Crippen molar-refractivity contribution in [1.82, 2.24) is 5.32 Å². The SMILES string of the molecule is CC=CCN=C(N)NC(=O)Nc1c(C)cccc1C. The maximum atomic E-state index is 11.8. The summed E-state index contributed by atoms with van der Waals surface area (Å²) in [6, 6.07) is 5.43. The molecule has 1 aromatic rings. The van der Waals surface area contributed by atoms with Crippen LogP contribution in [0.15, 0.2) is 35.3 Å². The van der Waals surface area contributed by atoms with E-state index >= 15 is 0 Å². The number of hydrogen-bond donors (Lipinski definition) is 3. The van der Waals surface area contributed by atoms with E-state index in [1.807, 2.05) is 51.1 Å². The third-order valence-corrected chi connectivity index (χ3v) is 2.56. The number of nitrogens with two attached hydrogens (primary N) is 1. The van der Waals surface area contributed by atoms with E-state index in [9.17, 15) is 4.79 Å². The molecule has 0 atom stereocenters. The first-order valence-corrected chi connectivity index (χ1v) is 6.10. The van der Waals surface area contributed by atoms with Gasteiger partial charge in [0.15, 0.2) is 5.96 Å². The Kier molecular flexibility index (Phi) is 5.60. The highest BCUT2D eigenvalue weighted by Gasteiger charge is 2.07. The third-order valence-electron chi connectivity index (χ3n) is 2.56. The normalized spacial score (nSPS) is 11.6. The molecule has 0 spiro atoms. The number of aliphatic imine (C=N–C) groups is 1. The smallest absolute Gasteiger partial charge is 0.326 e. The van der Waals surface area contributed by atoms with Crippen molar-refractivity contribution in [2.45, 2.75) is 20.8 Å². The van der Waals surface area contributed by atoms with E-state index in [1.165, 1.54) is 0 Å². The number of benzene rings is 1. The van der Waals surface area contributed by atoms with Gasteiger partial charge in [0.05, 0.1) is 6.54 Å². The number of guanidine groups is 1. The molecule has 4 N–H and O–H groups in total. The van der Waals surface area contributed by atoms with Gasteiger partial charge in [-0.15, -0.1) is 0 Å². The first kappa shape index (κ1) is 14.8. The van der Waals surface area contributed by atoms with E-state index in [0.29, 0.717) is 6.54 Å². The lowest BCUT2D eigenvalue weighted by atomic mass is 10.1. The van der Waals surface area contributed by atoms with Crippen molar-refractivity contribution in [3.63, 3.8) is 0 Å². The molecule has 19 heavy (non-hydrogen) atoms. The van der Waals surface area contributed by atoms with Crippen LogP contribution < -0.4 is 16.4 Å². The number of allylic oxidation sites excluding steroid dienone is 1. The van der Waals surface area contributed by atoms with Crippen LogP contribution in [0.5, 0.6) is 0 Å². The molecule has 5 nitrogen and oxygen atoms in total. The zero-order chi connectivity index (χ0) is 14.3. The summed E-state index contributed by atoms with van der Waals surface area (Å²) < 4.78 is 0. The lowest BCUT2D eigenvalue weighted by molar-refractivity contribution is 0.256. The molecule has 0 bridgehead atoms. The molecule has 0 radical (unpaired) electrons. The Morgan fingerprint density at radius 2 is 2.00 bits per heavy atom. The molecule has 0 saturated carbocycles. The summed E-state index contributed by atoms with van der Waals surface area (Å²) in [4.78, 5) is 15.7. The number of hydrogen-bond acceptors (Lipinski definition) is 2. The van der Waals surface area contributed by atoms with Crippen molar-refractivity contribution in [1.29, 1.82) is 0 Å². The molecule has 0 heterocycles. The first-order chi connectivity index (χ1) is 9.04. The molecule has 0 aliphatic carbocycles. The zero-order valence-corrected chi connectivity index (χ0v) is 11.5. The number of rotatable bonds is 3. The first-order valence-electron chi connectivity index (χ1n) is 6.10. The van der Waals surface area contributed by atoms with Gasteiger partial charge in [0.1, 0.15) is 0 Å². The number of nitrogens with zero attached hydrogens (tertiary/aromatic N) is 1. The molecule has 5 heteroatoms. The number of urea groups is 1. The van der Waals surface area contributed by atoms with Crippen LogP contribution in [-0.4, -0.2) is 18.5 Å². The van der Waals surface area contributed by atoms with E-state index in [2.05, 4.69) is 15.6 Å². The number of anilines is 1. The Bertz CT molecular complexity index is 486. The van der Waals surface area contributed by atoms with Crippen molar-refractivity contribution in [3.05, 3.63) is 41.5 Å². The number of aryl methyl sites for hydroxylation is 2. The molecule has 2 amide bonds. The maximum absolute atomic E-state index is 11.8. The van der Waals surface area contributed by atoms with Crippen LogP contribution >= 0.6 is 0 Å². The number of carbonyl (C=O) groups excluding carboxylic acids is 1. The fourth-order valence-corrected chi connectivity index (χ4v) is 1.57. The monoisotopic (exact) mass is 260 g/mol. The second-order valence-electron chi connectivity index (χ2n) is 4.14. The lowest BCUT2D eigenvalue weighted by Crippen LogP contribution is -2.39. The Morgan fingerprint density at radius 3 is 2.58 bits per heavy atom. The highest BCUT2D eigenvalue weighted by Crippen LogP contribution is 2.18. The predicted molar refractivity (Wildman–Crippen MR) is 79.4 cm³/mol. The topological polar surface area (TPSA) is 79.5 Å². The van der Waals surface area contributed by atoms with Gasteiger partial charge in [0.25, 0.3) is 0 Å². The second kappa shape index (κ2) is 7.20. The summed E-state index contributed by atoms with van der Waals surface area (Å²) in [7, 11) is 0. The van der Waals surface area contributed by atoms with Crippen LogP contribution in [-0.2, 0) is 0 Å². The molecule has 0 aliphatic rings. The Balaban J connectivity index is 2.63. The number of carbonyl (C=O) groups is 1.